The lowest BCUT2D eigenvalue weighted by Crippen LogP contribution is -2.39. The Kier molecular flexibility index (Phi) is 3.54. The van der Waals surface area contributed by atoms with Crippen LogP contribution in [0.2, 0.25) is 0 Å². The number of furan rings is 1. The molecule has 22 heavy (non-hydrogen) atoms. The molecule has 1 unspecified atom stereocenters. The maximum atomic E-state index is 12.0. The average molecular weight is 302 g/mol. The number of primary amides is 1. The molecule has 1 aromatic carbocycles. The van der Waals surface area contributed by atoms with Crippen molar-refractivity contribution in [3.05, 3.63) is 30.0 Å². The van der Waals surface area contributed by atoms with Crippen molar-refractivity contribution in [1.29, 1.82) is 0 Å². The third kappa shape index (κ3) is 2.65. The Morgan fingerprint density at radius 2 is 2.23 bits per heavy atom. The van der Waals surface area contributed by atoms with Crippen LogP contribution in [0.4, 0.5) is 0 Å². The first kappa shape index (κ1) is 14.1. The van der Waals surface area contributed by atoms with Gasteiger partial charge >= 0.3 is 0 Å². The molecule has 0 saturated carbocycles. The summed E-state index contributed by atoms with van der Waals surface area (Å²) in [5, 5.41) is 3.04. The van der Waals surface area contributed by atoms with E-state index in [4.69, 9.17) is 14.9 Å². The first-order valence-electron chi connectivity index (χ1n) is 6.80. The second-order valence-electron chi connectivity index (χ2n) is 5.11. The number of fused-ring (bicyclic) bond motifs is 1. The topological polar surface area (TPSA) is 112 Å². The van der Waals surface area contributed by atoms with Crippen molar-refractivity contribution in [1.82, 2.24) is 5.32 Å². The zero-order chi connectivity index (χ0) is 15.7. The van der Waals surface area contributed by atoms with E-state index in [9.17, 15) is 14.4 Å². The van der Waals surface area contributed by atoms with Crippen LogP contribution in [0.3, 0.4) is 0 Å². The van der Waals surface area contributed by atoms with Crippen LogP contribution in [0.25, 0.3) is 11.0 Å². The monoisotopic (exact) mass is 302 g/mol. The summed E-state index contributed by atoms with van der Waals surface area (Å²) in [6.45, 7) is -0.225. The van der Waals surface area contributed by atoms with E-state index in [1.807, 2.05) is 0 Å². The molecule has 1 atom stereocenters. The van der Waals surface area contributed by atoms with Gasteiger partial charge in [-0.25, -0.2) is 0 Å². The van der Waals surface area contributed by atoms with Crippen molar-refractivity contribution in [3.63, 3.8) is 0 Å². The average Bonchev–Trinajstić information content (AvgIpc) is 2.88. The number of hydrogen-bond acceptors (Lipinski definition) is 5. The number of nitrogens with one attached hydrogen (secondary N) is 1. The number of carbonyl (C=O) groups is 3. The maximum Gasteiger partial charge on any atom is 0.255 e. The minimum Gasteiger partial charge on any atom is -0.484 e. The molecular formula is C15H14N2O5. The smallest absolute Gasteiger partial charge is 0.255 e. The molecule has 3 N–H and O–H groups in total. The molecule has 0 aliphatic carbocycles. The Bertz CT molecular complexity index is 764. The molecular weight excluding hydrogens is 288 g/mol. The van der Waals surface area contributed by atoms with E-state index in [0.29, 0.717) is 29.7 Å². The molecule has 1 aliphatic rings. The maximum absolute atomic E-state index is 12.0. The SMILES string of the molecule is NC(=O)COc1ccc2occ(C3CCC(=O)NC3=O)c2c1. The van der Waals surface area contributed by atoms with Crippen LogP contribution in [0.1, 0.15) is 24.3 Å². The Morgan fingerprint density at radius 1 is 1.41 bits per heavy atom. The molecule has 3 rings (SSSR count). The van der Waals surface area contributed by atoms with Crippen molar-refractivity contribution < 1.29 is 23.5 Å². The predicted octanol–water partition coefficient (Wildman–Crippen LogP) is 0.817. The largest absolute Gasteiger partial charge is 0.484 e. The minimum atomic E-state index is -0.572. The summed E-state index contributed by atoms with van der Waals surface area (Å²) in [6.07, 6.45) is 2.25. The van der Waals surface area contributed by atoms with Crippen LogP contribution in [-0.4, -0.2) is 24.3 Å². The molecule has 7 heteroatoms. The van der Waals surface area contributed by atoms with Gasteiger partial charge in [0.15, 0.2) is 6.61 Å². The fourth-order valence-electron chi connectivity index (χ4n) is 2.53. The molecule has 2 heterocycles. The van der Waals surface area contributed by atoms with Crippen molar-refractivity contribution in [2.45, 2.75) is 18.8 Å². The summed E-state index contributed by atoms with van der Waals surface area (Å²) in [6, 6.07) is 5.05. The first-order valence-corrected chi connectivity index (χ1v) is 6.80. The van der Waals surface area contributed by atoms with E-state index in [2.05, 4.69) is 5.32 Å². The van der Waals surface area contributed by atoms with Gasteiger partial charge in [-0.1, -0.05) is 0 Å². The molecule has 1 aliphatic heterocycles. The Balaban J connectivity index is 1.92. The van der Waals surface area contributed by atoms with E-state index >= 15 is 0 Å². The molecule has 1 fully saturated rings. The van der Waals surface area contributed by atoms with Crippen molar-refractivity contribution in [2.24, 2.45) is 5.73 Å². The summed E-state index contributed by atoms with van der Waals surface area (Å²) in [5.41, 5.74) is 6.35. The minimum absolute atomic E-state index is 0.225. The van der Waals surface area contributed by atoms with Crippen molar-refractivity contribution in [3.8, 4) is 5.75 Å². The lowest BCUT2D eigenvalue weighted by Gasteiger charge is -2.19. The van der Waals surface area contributed by atoms with Crippen LogP contribution < -0.4 is 15.8 Å². The van der Waals surface area contributed by atoms with E-state index in [-0.39, 0.29) is 18.4 Å². The number of rotatable bonds is 4. The van der Waals surface area contributed by atoms with Gasteiger partial charge in [0.05, 0.1) is 12.2 Å². The number of piperidine rings is 1. The number of amides is 3. The van der Waals surface area contributed by atoms with Gasteiger partial charge in [-0.05, 0) is 24.6 Å². The predicted molar refractivity (Wildman–Crippen MR) is 76.0 cm³/mol. The third-order valence-corrected chi connectivity index (χ3v) is 3.57. The highest BCUT2D eigenvalue weighted by atomic mass is 16.5. The van der Waals surface area contributed by atoms with Gasteiger partial charge in [0.1, 0.15) is 11.3 Å². The second kappa shape index (κ2) is 5.51. The first-order chi connectivity index (χ1) is 10.5. The number of ether oxygens (including phenoxy) is 1. The van der Waals surface area contributed by atoms with Crippen LogP contribution in [0.15, 0.2) is 28.9 Å². The van der Waals surface area contributed by atoms with E-state index in [0.717, 1.165) is 5.39 Å². The number of benzene rings is 1. The van der Waals surface area contributed by atoms with Gasteiger partial charge < -0.3 is 14.9 Å². The Morgan fingerprint density at radius 3 is 2.95 bits per heavy atom. The van der Waals surface area contributed by atoms with E-state index < -0.39 is 11.8 Å². The fourth-order valence-corrected chi connectivity index (χ4v) is 2.53. The Labute approximate surface area is 125 Å². The lowest BCUT2D eigenvalue weighted by molar-refractivity contribution is -0.134. The van der Waals surface area contributed by atoms with Gasteiger partial charge in [0.25, 0.3) is 5.91 Å². The van der Waals surface area contributed by atoms with Gasteiger partial charge in [-0.15, -0.1) is 0 Å². The second-order valence-corrected chi connectivity index (χ2v) is 5.11. The highest BCUT2D eigenvalue weighted by Crippen LogP contribution is 2.34. The summed E-state index contributed by atoms with van der Waals surface area (Å²) in [7, 11) is 0. The summed E-state index contributed by atoms with van der Waals surface area (Å²) in [5.74, 6) is -1.15. The zero-order valence-electron chi connectivity index (χ0n) is 11.6. The lowest BCUT2D eigenvalue weighted by atomic mass is 9.90. The standard InChI is InChI=1S/C15H14N2O5/c16-13(18)7-21-8-1-3-12-10(5-8)11(6-22-12)9-2-4-14(19)17-15(9)20/h1,3,5-6,9H,2,4,7H2,(H2,16,18)(H,17,19,20). The summed E-state index contributed by atoms with van der Waals surface area (Å²) in [4.78, 5) is 34.0. The van der Waals surface area contributed by atoms with Gasteiger partial charge in [-0.3, -0.25) is 19.7 Å². The van der Waals surface area contributed by atoms with E-state index in [1.54, 1.807) is 18.2 Å². The number of carbonyl (C=O) groups excluding carboxylic acids is 3. The van der Waals surface area contributed by atoms with Crippen LogP contribution in [-0.2, 0) is 14.4 Å². The van der Waals surface area contributed by atoms with Gasteiger partial charge in [0.2, 0.25) is 11.8 Å². The van der Waals surface area contributed by atoms with Crippen molar-refractivity contribution in [2.75, 3.05) is 6.61 Å². The van der Waals surface area contributed by atoms with E-state index in [1.165, 1.54) is 6.26 Å². The number of imide groups is 1. The molecule has 0 radical (unpaired) electrons. The molecule has 114 valence electrons. The summed E-state index contributed by atoms with van der Waals surface area (Å²) >= 11 is 0. The molecule has 0 bridgehead atoms. The molecule has 2 aromatic rings. The third-order valence-electron chi connectivity index (χ3n) is 3.57. The van der Waals surface area contributed by atoms with Crippen LogP contribution in [0.5, 0.6) is 5.75 Å². The zero-order valence-corrected chi connectivity index (χ0v) is 11.6. The number of hydrogen-bond donors (Lipinski definition) is 2. The summed E-state index contributed by atoms with van der Waals surface area (Å²) < 4.78 is 10.7. The van der Waals surface area contributed by atoms with Crippen LogP contribution in [0, 0.1) is 0 Å². The molecule has 1 saturated heterocycles. The van der Waals surface area contributed by atoms with Crippen molar-refractivity contribution >= 4 is 28.7 Å². The molecule has 7 nitrogen and oxygen atoms in total. The quantitative estimate of drug-likeness (QED) is 0.812. The Hall–Kier alpha value is -2.83. The molecule has 1 aromatic heterocycles. The number of nitrogens with two attached hydrogens (primary N) is 1. The highest BCUT2D eigenvalue weighted by Gasteiger charge is 2.30. The normalized spacial score (nSPS) is 18.3. The van der Waals surface area contributed by atoms with Crippen LogP contribution >= 0.6 is 0 Å². The van der Waals surface area contributed by atoms with Gasteiger partial charge in [0, 0.05) is 17.4 Å². The highest BCUT2D eigenvalue weighted by molar-refractivity contribution is 6.02. The molecule has 3 amide bonds. The fraction of sp³-hybridized carbons (Fsp3) is 0.267. The van der Waals surface area contributed by atoms with Gasteiger partial charge in [-0.2, -0.15) is 0 Å². The molecule has 0 spiro atoms.